The Kier molecular flexibility index (Phi) is 35.7. The van der Waals surface area contributed by atoms with Crippen molar-refractivity contribution in [1.82, 2.24) is 25.3 Å². The van der Waals surface area contributed by atoms with Crippen LogP contribution in [0.15, 0.2) is 94.2 Å². The molecule has 7 amide bonds. The molecule has 105 heavy (non-hydrogen) atoms. The Labute approximate surface area is 615 Å². The number of aliphatic imine (C=N–C) groups is 2. The third-order valence-electron chi connectivity index (χ3n) is 17.3. The average Bonchev–Trinajstić information content (AvgIpc) is 1.64. The SMILES string of the molecule is CCOCCOCCNC(=O)CCN1C(=O)C=CC1=O.CCOCCOCCOCCOCCOCCOCCC(=O)NC(C(=O)C[C@@H](C)C(=O)Nc1ccc(C)cc1)C(C)C.COc1cc2c(cc1OCCCOc1cc3c(cc1OC)C(=O)N1C=C(C4CC4)C[C@H]1C=N3)N=C[C@@H]1CC(C)=CN1C2=O. The number of methoxy groups -OCH3 is 2. The van der Waals surface area contributed by atoms with Crippen LogP contribution in [0.1, 0.15) is 119 Å². The number of ketones is 1. The van der Waals surface area contributed by atoms with E-state index in [-0.39, 0.29) is 97.5 Å². The van der Waals surface area contributed by atoms with Gasteiger partial charge >= 0.3 is 0 Å². The Hall–Kier alpha value is -8.74. The van der Waals surface area contributed by atoms with Gasteiger partial charge in [-0.1, -0.05) is 44.0 Å². The number of carbonyl (C=O) groups excluding carboxylic acids is 8. The second-order valence-corrected chi connectivity index (χ2v) is 25.9. The number of anilines is 1. The largest absolute Gasteiger partial charge is 0.493 e. The summed E-state index contributed by atoms with van der Waals surface area (Å²) in [4.78, 5) is 112. The van der Waals surface area contributed by atoms with Crippen molar-refractivity contribution in [3.05, 3.63) is 101 Å². The van der Waals surface area contributed by atoms with E-state index in [4.69, 9.17) is 56.8 Å². The lowest BCUT2D eigenvalue weighted by atomic mass is 9.92. The summed E-state index contributed by atoms with van der Waals surface area (Å²) in [5.41, 5.74) is 6.38. The van der Waals surface area contributed by atoms with E-state index in [2.05, 4.69) is 25.9 Å². The number of fused-ring (bicyclic) bond motifs is 4. The van der Waals surface area contributed by atoms with Crippen LogP contribution in [0.5, 0.6) is 23.0 Å². The van der Waals surface area contributed by atoms with Gasteiger partial charge in [-0.25, -0.2) is 0 Å². The van der Waals surface area contributed by atoms with Gasteiger partial charge in [0, 0.05) is 113 Å². The molecule has 5 aliphatic heterocycles. The standard InChI is InChI=1S/C33H34N4O6.C31H52N2O9.C13H20N2O5/c1-19-9-22-15-34-26-13-30(28(40-2)11-24(26)32(38)36(22)17-19)42-7-4-8-43-31-14-27-25(12-29(31)41-3)33(39)37-18-21(20-5-6-20)10-23(37)16-35-27;1-6-37-13-14-39-17-18-41-21-22-42-20-19-40-16-15-38-12-11-29(35)33-30(24(2)3)28(34)23-26(5)31(36)32-27-9-7-25(4)8-10-27;1-2-19-9-10-20-8-6-14-11(16)5-7-15-12(17)3-4-13(15)18/h11-18,20,22-23H,4-10H2,1-3H3;7-10,24,26,30H,6,11-23H2,1-5H3,(H,32,36)(H,33,35);3-4H,2,5-10H2,1H3,(H,14,16)/t22-,23-;26-,30?;/m01./s1. The first-order valence-corrected chi connectivity index (χ1v) is 36.3. The van der Waals surface area contributed by atoms with Gasteiger partial charge in [0.15, 0.2) is 28.8 Å². The lowest BCUT2D eigenvalue weighted by Gasteiger charge is -2.22. The third kappa shape index (κ3) is 27.6. The minimum absolute atomic E-state index is 0.0374. The summed E-state index contributed by atoms with van der Waals surface area (Å²) < 4.78 is 65.9. The van der Waals surface area contributed by atoms with Crippen molar-refractivity contribution in [2.75, 3.05) is 152 Å². The van der Waals surface area contributed by atoms with Crippen LogP contribution in [0.2, 0.25) is 0 Å². The maximum Gasteiger partial charge on any atom is 0.260 e. The Morgan fingerprint density at radius 2 is 1.05 bits per heavy atom. The number of imide groups is 1. The summed E-state index contributed by atoms with van der Waals surface area (Å²) in [7, 11) is 3.11. The van der Waals surface area contributed by atoms with Crippen molar-refractivity contribution in [2.24, 2.45) is 27.7 Å². The molecule has 6 aliphatic rings. The van der Waals surface area contributed by atoms with E-state index in [0.717, 1.165) is 28.9 Å². The Balaban J connectivity index is 0.000000235. The molecule has 3 aromatic carbocycles. The zero-order chi connectivity index (χ0) is 75.5. The summed E-state index contributed by atoms with van der Waals surface area (Å²) in [6, 6.07) is 13.6. The minimum atomic E-state index is -0.667. The molecule has 5 heterocycles. The first kappa shape index (κ1) is 83.5. The summed E-state index contributed by atoms with van der Waals surface area (Å²) in [6.07, 6.45) is 14.9. The fraction of sp³-hybridized carbons (Fsp3) is 0.558. The predicted molar refractivity (Wildman–Crippen MR) is 393 cm³/mol. The van der Waals surface area contributed by atoms with Crippen molar-refractivity contribution in [3.8, 4) is 23.0 Å². The molecular weight excluding hydrogens is 1360 g/mol. The first-order valence-electron chi connectivity index (χ1n) is 36.3. The number of benzene rings is 3. The topological polar surface area (TPSA) is 318 Å². The van der Waals surface area contributed by atoms with Crippen LogP contribution >= 0.6 is 0 Å². The van der Waals surface area contributed by atoms with E-state index < -0.39 is 12.0 Å². The molecule has 0 bridgehead atoms. The van der Waals surface area contributed by atoms with Crippen LogP contribution < -0.4 is 34.9 Å². The van der Waals surface area contributed by atoms with E-state index >= 15 is 0 Å². The number of aryl methyl sites for hydroxylation is 1. The van der Waals surface area contributed by atoms with Crippen LogP contribution in [0.25, 0.3) is 0 Å². The number of rotatable bonds is 45. The van der Waals surface area contributed by atoms with Crippen molar-refractivity contribution in [2.45, 2.75) is 118 Å². The van der Waals surface area contributed by atoms with Crippen LogP contribution in [0, 0.1) is 24.7 Å². The van der Waals surface area contributed by atoms with E-state index in [9.17, 15) is 38.4 Å². The molecule has 0 spiro atoms. The van der Waals surface area contributed by atoms with Gasteiger partial charge in [0.05, 0.1) is 161 Å². The highest BCUT2D eigenvalue weighted by Gasteiger charge is 2.39. The van der Waals surface area contributed by atoms with Gasteiger partial charge in [0.2, 0.25) is 17.7 Å². The van der Waals surface area contributed by atoms with Crippen LogP contribution in [0.4, 0.5) is 17.1 Å². The maximum absolute atomic E-state index is 13.4. The third-order valence-corrected chi connectivity index (χ3v) is 17.3. The van der Waals surface area contributed by atoms with E-state index in [0.29, 0.717) is 182 Å². The highest BCUT2D eigenvalue weighted by molar-refractivity contribution is 6.13. The Morgan fingerprint density at radius 3 is 1.54 bits per heavy atom. The number of nitrogens with zero attached hydrogens (tertiary/aromatic N) is 5. The monoisotopic (exact) mass is 1460 g/mol. The number of carbonyl (C=O) groups is 8. The van der Waals surface area contributed by atoms with E-state index in [1.165, 1.54) is 30.6 Å². The van der Waals surface area contributed by atoms with Crippen molar-refractivity contribution in [1.29, 1.82) is 0 Å². The fourth-order valence-corrected chi connectivity index (χ4v) is 11.4. The van der Waals surface area contributed by atoms with Gasteiger partial charge in [-0.3, -0.25) is 53.2 Å². The normalized spacial score (nSPS) is 16.7. The van der Waals surface area contributed by atoms with Crippen molar-refractivity contribution >= 4 is 76.6 Å². The smallest absolute Gasteiger partial charge is 0.260 e. The molecule has 1 aliphatic carbocycles. The van der Waals surface area contributed by atoms with E-state index in [1.54, 1.807) is 55.2 Å². The second kappa shape index (κ2) is 44.9. The number of hydrogen-bond donors (Lipinski definition) is 3. The minimum Gasteiger partial charge on any atom is -0.493 e. The number of amides is 7. The number of nitrogens with one attached hydrogen (secondary N) is 3. The highest BCUT2D eigenvalue weighted by atomic mass is 16.6. The Morgan fingerprint density at radius 1 is 0.562 bits per heavy atom. The molecule has 0 aromatic heterocycles. The summed E-state index contributed by atoms with van der Waals surface area (Å²) in [5, 5.41) is 8.29. The summed E-state index contributed by atoms with van der Waals surface area (Å²) in [5.74, 6) is 0.147. The molecule has 3 aromatic rings. The fourth-order valence-electron chi connectivity index (χ4n) is 11.4. The molecule has 3 N–H and O–H groups in total. The Bertz CT molecular complexity index is 3500. The van der Waals surface area contributed by atoms with Gasteiger partial charge in [-0.15, -0.1) is 0 Å². The van der Waals surface area contributed by atoms with Crippen LogP contribution in [-0.4, -0.2) is 239 Å². The molecule has 28 nitrogen and oxygen atoms in total. The molecule has 9 rings (SSSR count). The quantitative estimate of drug-likeness (QED) is 0.0354. The van der Waals surface area contributed by atoms with Crippen molar-refractivity contribution < 1.29 is 95.2 Å². The van der Waals surface area contributed by atoms with Gasteiger partial charge in [0.1, 0.15) is 0 Å². The number of Topliss-reactive ketones (excluding diaryl/α,β-unsaturated/α-hetero) is 1. The van der Waals surface area contributed by atoms with Gasteiger partial charge in [-0.2, -0.15) is 0 Å². The van der Waals surface area contributed by atoms with Gasteiger partial charge < -0.3 is 82.6 Å². The second-order valence-electron chi connectivity index (χ2n) is 25.9. The molecule has 28 heteroatoms. The zero-order valence-corrected chi connectivity index (χ0v) is 62.2. The van der Waals surface area contributed by atoms with Crippen LogP contribution in [-0.2, 0) is 66.7 Å². The number of ether oxygens (including phenoxy) is 12. The first-order chi connectivity index (χ1) is 50.8. The number of hydrogen-bond acceptors (Lipinski definition) is 22. The molecule has 0 radical (unpaired) electrons. The molecule has 1 unspecified atom stereocenters. The summed E-state index contributed by atoms with van der Waals surface area (Å²) >= 11 is 0. The van der Waals surface area contributed by atoms with Gasteiger partial charge in [-0.05, 0) is 95.1 Å². The maximum atomic E-state index is 13.4. The zero-order valence-electron chi connectivity index (χ0n) is 62.2. The molecular formula is C77H106N8O20. The molecule has 1 saturated carbocycles. The summed E-state index contributed by atoms with van der Waals surface area (Å²) in [6.45, 7) is 22.3. The van der Waals surface area contributed by atoms with Crippen LogP contribution in [0.3, 0.4) is 0 Å². The predicted octanol–water partition coefficient (Wildman–Crippen LogP) is 8.26. The molecule has 1 fully saturated rings. The lowest BCUT2D eigenvalue weighted by Crippen LogP contribution is -2.45. The van der Waals surface area contributed by atoms with Gasteiger partial charge in [0.25, 0.3) is 23.6 Å². The van der Waals surface area contributed by atoms with E-state index in [1.807, 2.05) is 90.6 Å². The molecule has 0 saturated heterocycles. The molecule has 4 atom stereocenters. The molecule has 574 valence electrons. The average molecular weight is 1460 g/mol. The lowest BCUT2D eigenvalue weighted by molar-refractivity contribution is -0.137. The highest BCUT2D eigenvalue weighted by Crippen LogP contribution is 2.45. The van der Waals surface area contributed by atoms with Crippen molar-refractivity contribution in [3.63, 3.8) is 0 Å².